The van der Waals surface area contributed by atoms with Crippen LogP contribution in [0.4, 0.5) is 5.69 Å². The van der Waals surface area contributed by atoms with Gasteiger partial charge < -0.3 is 0 Å². The standard InChI is InChI=1S/C21H22N2/c1-6-18-11-16(8-14(3)20(18)13-22)10-17-9-15(4)21(23-5)19(7-2)12-17/h8-9,11-12H,6-7,10H2,1-4H3. The molecule has 0 heterocycles. The van der Waals surface area contributed by atoms with Gasteiger partial charge in [0.05, 0.1) is 18.2 Å². The van der Waals surface area contributed by atoms with Crippen LogP contribution in [0.25, 0.3) is 4.85 Å². The maximum absolute atomic E-state index is 9.30. The number of nitrogens with zero attached hydrogens (tertiary/aromatic N) is 2. The second-order valence-corrected chi connectivity index (χ2v) is 5.97. The molecule has 0 saturated carbocycles. The molecule has 2 heteroatoms. The largest absolute Gasteiger partial charge is 0.238 e. The van der Waals surface area contributed by atoms with Crippen molar-refractivity contribution >= 4 is 5.69 Å². The van der Waals surface area contributed by atoms with E-state index >= 15 is 0 Å². The van der Waals surface area contributed by atoms with Gasteiger partial charge in [-0.15, -0.1) is 0 Å². The molecule has 0 saturated heterocycles. The van der Waals surface area contributed by atoms with Crippen molar-refractivity contribution < 1.29 is 0 Å². The van der Waals surface area contributed by atoms with Crippen molar-refractivity contribution in [1.82, 2.24) is 0 Å². The predicted molar refractivity (Wildman–Crippen MR) is 94.9 cm³/mol. The van der Waals surface area contributed by atoms with E-state index in [9.17, 15) is 5.26 Å². The highest BCUT2D eigenvalue weighted by Gasteiger charge is 2.10. The smallest absolute Gasteiger partial charge is 0.193 e. The molecule has 0 aliphatic rings. The summed E-state index contributed by atoms with van der Waals surface area (Å²) in [7, 11) is 0. The topological polar surface area (TPSA) is 28.1 Å². The Morgan fingerprint density at radius 1 is 0.957 bits per heavy atom. The van der Waals surface area contributed by atoms with Crippen LogP contribution in [0.3, 0.4) is 0 Å². The van der Waals surface area contributed by atoms with Crippen molar-refractivity contribution in [2.45, 2.75) is 47.0 Å². The molecule has 2 rings (SSSR count). The number of rotatable bonds is 4. The lowest BCUT2D eigenvalue weighted by Crippen LogP contribution is -1.98. The summed E-state index contributed by atoms with van der Waals surface area (Å²) in [5.74, 6) is 0. The van der Waals surface area contributed by atoms with Crippen LogP contribution in [0.15, 0.2) is 24.3 Å². The molecule has 0 N–H and O–H groups in total. The fourth-order valence-electron chi connectivity index (χ4n) is 3.18. The average Bonchev–Trinajstić information content (AvgIpc) is 2.53. The van der Waals surface area contributed by atoms with E-state index in [0.29, 0.717) is 0 Å². The summed E-state index contributed by atoms with van der Waals surface area (Å²) in [4.78, 5) is 3.67. The molecule has 0 aromatic heterocycles. The summed E-state index contributed by atoms with van der Waals surface area (Å²) >= 11 is 0. The van der Waals surface area contributed by atoms with Crippen LogP contribution in [-0.2, 0) is 19.3 Å². The molecule has 0 radical (unpaired) electrons. The second kappa shape index (κ2) is 7.12. The number of aryl methyl sites for hydroxylation is 4. The van der Waals surface area contributed by atoms with Crippen molar-refractivity contribution in [2.24, 2.45) is 0 Å². The van der Waals surface area contributed by atoms with Gasteiger partial charge in [0.25, 0.3) is 0 Å². The van der Waals surface area contributed by atoms with Gasteiger partial charge in [0.1, 0.15) is 0 Å². The lowest BCUT2D eigenvalue weighted by Gasteiger charge is -2.12. The molecule has 0 aliphatic carbocycles. The van der Waals surface area contributed by atoms with Crippen LogP contribution in [0.2, 0.25) is 0 Å². The van der Waals surface area contributed by atoms with E-state index in [1.54, 1.807) is 0 Å². The number of hydrogen-bond acceptors (Lipinski definition) is 1. The first-order valence-corrected chi connectivity index (χ1v) is 8.06. The van der Waals surface area contributed by atoms with Gasteiger partial charge in [0, 0.05) is 0 Å². The van der Waals surface area contributed by atoms with Crippen molar-refractivity contribution in [2.75, 3.05) is 0 Å². The Balaban J connectivity index is 2.45. The first kappa shape index (κ1) is 16.8. The van der Waals surface area contributed by atoms with E-state index in [2.05, 4.69) is 49.0 Å². The summed E-state index contributed by atoms with van der Waals surface area (Å²) in [6.07, 6.45) is 2.58. The van der Waals surface area contributed by atoms with Gasteiger partial charge in [-0.2, -0.15) is 5.26 Å². The molecule has 2 aromatic carbocycles. The highest BCUT2D eigenvalue weighted by Crippen LogP contribution is 2.28. The maximum Gasteiger partial charge on any atom is 0.193 e. The summed E-state index contributed by atoms with van der Waals surface area (Å²) in [5, 5.41) is 9.30. The molecule has 0 atom stereocenters. The first-order chi connectivity index (χ1) is 11.0. The van der Waals surface area contributed by atoms with Gasteiger partial charge in [0.2, 0.25) is 0 Å². The molecule has 2 nitrogen and oxygen atoms in total. The van der Waals surface area contributed by atoms with Gasteiger partial charge >= 0.3 is 0 Å². The Morgan fingerprint density at radius 3 is 2.04 bits per heavy atom. The van der Waals surface area contributed by atoms with E-state index in [1.165, 1.54) is 11.1 Å². The zero-order valence-electron chi connectivity index (χ0n) is 14.3. The molecular weight excluding hydrogens is 280 g/mol. The van der Waals surface area contributed by atoms with Gasteiger partial charge in [-0.1, -0.05) is 38.1 Å². The summed E-state index contributed by atoms with van der Waals surface area (Å²) in [6.45, 7) is 15.5. The molecule has 0 fully saturated rings. The monoisotopic (exact) mass is 302 g/mol. The third kappa shape index (κ3) is 3.43. The SMILES string of the molecule is [C-]#[N+]c1c(C)cc(Cc2cc(C)c(C#N)c(CC)c2)cc1CC. The lowest BCUT2D eigenvalue weighted by molar-refractivity contribution is 1.07. The van der Waals surface area contributed by atoms with Crippen LogP contribution in [0, 0.1) is 31.8 Å². The Morgan fingerprint density at radius 2 is 1.52 bits per heavy atom. The highest BCUT2D eigenvalue weighted by atomic mass is 14.7. The lowest BCUT2D eigenvalue weighted by atomic mass is 9.93. The summed E-state index contributed by atoms with van der Waals surface area (Å²) in [6, 6.07) is 10.8. The van der Waals surface area contributed by atoms with Crippen molar-refractivity contribution in [3.8, 4) is 6.07 Å². The van der Waals surface area contributed by atoms with E-state index in [4.69, 9.17) is 6.57 Å². The van der Waals surface area contributed by atoms with Gasteiger partial charge in [-0.25, -0.2) is 4.85 Å². The zero-order chi connectivity index (χ0) is 17.0. The molecule has 0 unspecified atom stereocenters. The minimum absolute atomic E-state index is 0.793. The average molecular weight is 302 g/mol. The first-order valence-electron chi connectivity index (χ1n) is 8.06. The number of hydrogen-bond donors (Lipinski definition) is 0. The number of benzene rings is 2. The highest BCUT2D eigenvalue weighted by molar-refractivity contribution is 5.60. The normalized spacial score (nSPS) is 10.2. The fraction of sp³-hybridized carbons (Fsp3) is 0.333. The predicted octanol–water partition coefficient (Wildman–Crippen LogP) is 5.44. The third-order valence-electron chi connectivity index (χ3n) is 4.31. The molecule has 23 heavy (non-hydrogen) atoms. The van der Waals surface area contributed by atoms with Crippen LogP contribution >= 0.6 is 0 Å². The van der Waals surface area contributed by atoms with E-state index in [-0.39, 0.29) is 0 Å². The van der Waals surface area contributed by atoms with Gasteiger partial charge in [0.15, 0.2) is 5.69 Å². The van der Waals surface area contributed by atoms with Crippen molar-refractivity contribution in [1.29, 1.82) is 5.26 Å². The maximum atomic E-state index is 9.30. The number of nitriles is 1. The van der Waals surface area contributed by atoms with E-state index in [0.717, 1.165) is 52.8 Å². The molecule has 0 amide bonds. The van der Waals surface area contributed by atoms with Crippen molar-refractivity contribution in [3.63, 3.8) is 0 Å². The Kier molecular flexibility index (Phi) is 5.20. The third-order valence-corrected chi connectivity index (χ3v) is 4.31. The molecule has 2 aromatic rings. The Labute approximate surface area is 139 Å². The van der Waals surface area contributed by atoms with Crippen LogP contribution in [0.1, 0.15) is 52.8 Å². The molecular formula is C21H22N2. The molecule has 0 bridgehead atoms. The minimum Gasteiger partial charge on any atom is -0.238 e. The minimum atomic E-state index is 0.793. The summed E-state index contributed by atoms with van der Waals surface area (Å²) < 4.78 is 0. The van der Waals surface area contributed by atoms with E-state index < -0.39 is 0 Å². The van der Waals surface area contributed by atoms with Gasteiger partial charge in [-0.05, 0) is 66.5 Å². The van der Waals surface area contributed by atoms with Crippen LogP contribution in [-0.4, -0.2) is 0 Å². The van der Waals surface area contributed by atoms with Crippen LogP contribution < -0.4 is 0 Å². The van der Waals surface area contributed by atoms with Crippen molar-refractivity contribution in [3.05, 3.63) is 74.6 Å². The second-order valence-electron chi connectivity index (χ2n) is 5.97. The molecule has 116 valence electrons. The quantitative estimate of drug-likeness (QED) is 0.691. The Bertz CT molecular complexity index is 748. The van der Waals surface area contributed by atoms with Crippen LogP contribution in [0.5, 0.6) is 0 Å². The molecule has 0 spiro atoms. The zero-order valence-corrected chi connectivity index (χ0v) is 14.3. The fourth-order valence-corrected chi connectivity index (χ4v) is 3.18. The Hall–Kier alpha value is -2.58. The molecule has 0 aliphatic heterocycles. The summed E-state index contributed by atoms with van der Waals surface area (Å²) in [5.41, 5.74) is 8.41. The van der Waals surface area contributed by atoms with E-state index in [1.807, 2.05) is 13.8 Å². The van der Waals surface area contributed by atoms with Gasteiger partial charge in [-0.3, -0.25) is 0 Å².